The smallest absolute Gasteiger partial charge is 0.119 e. The summed E-state index contributed by atoms with van der Waals surface area (Å²) in [5.74, 6) is 1.63. The van der Waals surface area contributed by atoms with Crippen LogP contribution in [-0.2, 0) is 6.42 Å². The van der Waals surface area contributed by atoms with Gasteiger partial charge in [0.25, 0.3) is 0 Å². The first kappa shape index (κ1) is 15.4. The van der Waals surface area contributed by atoms with E-state index in [0.29, 0.717) is 6.42 Å². The number of aliphatic hydroxyl groups is 1. The third kappa shape index (κ3) is 4.50. The third-order valence-corrected chi connectivity index (χ3v) is 3.20. The minimum atomic E-state index is -0.537. The van der Waals surface area contributed by atoms with E-state index in [-0.39, 0.29) is 6.10 Å². The van der Waals surface area contributed by atoms with Crippen LogP contribution in [0.2, 0.25) is 0 Å². The van der Waals surface area contributed by atoms with Crippen molar-refractivity contribution in [3.63, 3.8) is 0 Å². The molecule has 0 radical (unpaired) electrons. The molecule has 0 fully saturated rings. The Balaban J connectivity index is 2.03. The van der Waals surface area contributed by atoms with Gasteiger partial charge in [-0.15, -0.1) is 0 Å². The van der Waals surface area contributed by atoms with Gasteiger partial charge in [0.2, 0.25) is 0 Å². The second-order valence-electron chi connectivity index (χ2n) is 5.31. The van der Waals surface area contributed by atoms with Gasteiger partial charge in [0.1, 0.15) is 11.5 Å². The minimum absolute atomic E-state index is 0.151. The molecular weight excluding hydrogens is 264 g/mol. The van der Waals surface area contributed by atoms with Crippen LogP contribution in [-0.4, -0.2) is 18.3 Å². The number of benzene rings is 2. The summed E-state index contributed by atoms with van der Waals surface area (Å²) < 4.78 is 10.8. The fraction of sp³-hybridized carbons (Fsp3) is 0.333. The van der Waals surface area contributed by atoms with Crippen LogP contribution >= 0.6 is 0 Å². The van der Waals surface area contributed by atoms with Crippen molar-refractivity contribution in [2.45, 2.75) is 32.5 Å². The molecule has 2 aromatic rings. The lowest BCUT2D eigenvalue weighted by Crippen LogP contribution is -2.06. The normalized spacial score (nSPS) is 12.2. The lowest BCUT2D eigenvalue weighted by molar-refractivity contribution is 0.178. The predicted octanol–water partition coefficient (Wildman–Crippen LogP) is 3.76. The predicted molar refractivity (Wildman–Crippen MR) is 83.9 cm³/mol. The third-order valence-electron chi connectivity index (χ3n) is 3.20. The first-order valence-corrected chi connectivity index (χ1v) is 7.16. The lowest BCUT2D eigenvalue weighted by Gasteiger charge is -2.14. The van der Waals surface area contributed by atoms with Crippen LogP contribution in [0.5, 0.6) is 11.5 Å². The molecule has 1 atom stereocenters. The number of ether oxygens (including phenoxy) is 2. The first-order chi connectivity index (χ1) is 10.1. The Hall–Kier alpha value is -2.00. The number of aliphatic hydroxyl groups excluding tert-OH is 1. The van der Waals surface area contributed by atoms with Gasteiger partial charge in [-0.1, -0.05) is 24.3 Å². The molecule has 0 bridgehead atoms. The molecule has 0 aromatic heterocycles. The fourth-order valence-electron chi connectivity index (χ4n) is 2.18. The Kier molecular flexibility index (Phi) is 5.23. The van der Waals surface area contributed by atoms with Crippen LogP contribution in [0, 0.1) is 0 Å². The largest absolute Gasteiger partial charge is 0.497 e. The van der Waals surface area contributed by atoms with Gasteiger partial charge in [-0.2, -0.15) is 0 Å². The van der Waals surface area contributed by atoms with Gasteiger partial charge >= 0.3 is 0 Å². The van der Waals surface area contributed by atoms with Crippen LogP contribution in [0.15, 0.2) is 48.5 Å². The number of methoxy groups -OCH3 is 1. The zero-order chi connectivity index (χ0) is 15.2. The summed E-state index contributed by atoms with van der Waals surface area (Å²) in [6.45, 7) is 3.98. The maximum Gasteiger partial charge on any atom is 0.119 e. The van der Waals surface area contributed by atoms with Gasteiger partial charge in [-0.05, 0) is 49.2 Å². The van der Waals surface area contributed by atoms with Crippen LogP contribution in [0.3, 0.4) is 0 Å². The van der Waals surface area contributed by atoms with Crippen molar-refractivity contribution in [3.05, 3.63) is 59.7 Å². The van der Waals surface area contributed by atoms with Crippen molar-refractivity contribution in [1.82, 2.24) is 0 Å². The second-order valence-corrected chi connectivity index (χ2v) is 5.31. The molecule has 0 aliphatic rings. The Morgan fingerprint density at radius 3 is 2.33 bits per heavy atom. The van der Waals surface area contributed by atoms with Crippen LogP contribution in [0.25, 0.3) is 0 Å². The average molecular weight is 286 g/mol. The number of hydrogen-bond donors (Lipinski definition) is 1. The van der Waals surface area contributed by atoms with Gasteiger partial charge in [-0.3, -0.25) is 0 Å². The maximum atomic E-state index is 10.3. The molecule has 0 heterocycles. The molecule has 0 amide bonds. The minimum Gasteiger partial charge on any atom is -0.497 e. The molecular formula is C18H22O3. The summed E-state index contributed by atoms with van der Waals surface area (Å²) in [4.78, 5) is 0. The van der Waals surface area contributed by atoms with Gasteiger partial charge in [0.05, 0.1) is 19.3 Å². The molecule has 1 N–H and O–H groups in total. The van der Waals surface area contributed by atoms with Crippen molar-refractivity contribution < 1.29 is 14.6 Å². The van der Waals surface area contributed by atoms with E-state index < -0.39 is 6.10 Å². The molecule has 0 spiro atoms. The molecule has 1 unspecified atom stereocenters. The van der Waals surface area contributed by atoms with E-state index in [1.54, 1.807) is 7.11 Å². The van der Waals surface area contributed by atoms with E-state index in [1.165, 1.54) is 0 Å². The fourth-order valence-corrected chi connectivity index (χ4v) is 2.18. The molecule has 2 rings (SSSR count). The summed E-state index contributed by atoms with van der Waals surface area (Å²) >= 11 is 0. The molecule has 0 aliphatic carbocycles. The highest BCUT2D eigenvalue weighted by Gasteiger charge is 2.09. The van der Waals surface area contributed by atoms with Crippen molar-refractivity contribution in [2.75, 3.05) is 7.11 Å². The number of rotatable bonds is 6. The molecule has 3 heteroatoms. The molecule has 112 valence electrons. The summed E-state index contributed by atoms with van der Waals surface area (Å²) in [5, 5.41) is 10.3. The molecule has 2 aromatic carbocycles. The highest BCUT2D eigenvalue weighted by Crippen LogP contribution is 2.23. The van der Waals surface area contributed by atoms with Crippen molar-refractivity contribution >= 4 is 0 Å². The van der Waals surface area contributed by atoms with Crippen LogP contribution in [0.1, 0.15) is 31.1 Å². The standard InChI is InChI=1S/C18H22O3/c1-13(2)21-16-9-7-15(8-10-16)18(19)12-14-5-4-6-17(11-14)20-3/h4-11,13,18-19H,12H2,1-3H3. The van der Waals surface area contributed by atoms with Gasteiger partial charge in [0, 0.05) is 6.42 Å². The molecule has 0 saturated heterocycles. The van der Waals surface area contributed by atoms with Gasteiger partial charge in [-0.25, -0.2) is 0 Å². The van der Waals surface area contributed by atoms with Crippen LogP contribution in [0.4, 0.5) is 0 Å². The molecule has 3 nitrogen and oxygen atoms in total. The number of hydrogen-bond acceptors (Lipinski definition) is 3. The van der Waals surface area contributed by atoms with Crippen LogP contribution < -0.4 is 9.47 Å². The Morgan fingerprint density at radius 2 is 1.71 bits per heavy atom. The van der Waals surface area contributed by atoms with E-state index in [2.05, 4.69) is 0 Å². The lowest BCUT2D eigenvalue weighted by atomic mass is 10.0. The molecule has 0 aliphatic heterocycles. The monoisotopic (exact) mass is 286 g/mol. The summed E-state index contributed by atoms with van der Waals surface area (Å²) in [5.41, 5.74) is 1.93. The van der Waals surface area contributed by atoms with E-state index >= 15 is 0 Å². The van der Waals surface area contributed by atoms with Gasteiger partial charge < -0.3 is 14.6 Å². The SMILES string of the molecule is COc1cccc(CC(O)c2ccc(OC(C)C)cc2)c1. The zero-order valence-electron chi connectivity index (χ0n) is 12.7. The van der Waals surface area contributed by atoms with Crippen molar-refractivity contribution in [1.29, 1.82) is 0 Å². The van der Waals surface area contributed by atoms with E-state index in [0.717, 1.165) is 22.6 Å². The molecule has 0 saturated carbocycles. The summed E-state index contributed by atoms with van der Waals surface area (Å²) in [6.07, 6.45) is 0.171. The average Bonchev–Trinajstić information content (AvgIpc) is 2.47. The topological polar surface area (TPSA) is 38.7 Å². The first-order valence-electron chi connectivity index (χ1n) is 7.16. The van der Waals surface area contributed by atoms with E-state index in [9.17, 15) is 5.11 Å². The Bertz CT molecular complexity index is 561. The second kappa shape index (κ2) is 7.14. The zero-order valence-corrected chi connectivity index (χ0v) is 12.7. The van der Waals surface area contributed by atoms with Gasteiger partial charge in [0.15, 0.2) is 0 Å². The molecule has 21 heavy (non-hydrogen) atoms. The highest BCUT2D eigenvalue weighted by atomic mass is 16.5. The maximum absolute atomic E-state index is 10.3. The van der Waals surface area contributed by atoms with E-state index in [1.807, 2.05) is 62.4 Å². The Labute approximate surface area is 126 Å². The quantitative estimate of drug-likeness (QED) is 0.878. The summed E-state index contributed by atoms with van der Waals surface area (Å²) in [6, 6.07) is 15.4. The highest BCUT2D eigenvalue weighted by molar-refractivity contribution is 5.32. The summed E-state index contributed by atoms with van der Waals surface area (Å²) in [7, 11) is 1.64. The van der Waals surface area contributed by atoms with Crippen molar-refractivity contribution in [2.24, 2.45) is 0 Å². The Morgan fingerprint density at radius 1 is 1.00 bits per heavy atom. The van der Waals surface area contributed by atoms with Crippen molar-refractivity contribution in [3.8, 4) is 11.5 Å². The van der Waals surface area contributed by atoms with E-state index in [4.69, 9.17) is 9.47 Å².